The predicted molar refractivity (Wildman–Crippen MR) is 54.5 cm³/mol. The van der Waals surface area contributed by atoms with E-state index in [1.54, 1.807) is 0 Å². The zero-order chi connectivity index (χ0) is 9.97. The van der Waals surface area contributed by atoms with E-state index in [4.69, 9.17) is 11.1 Å². The molecular formula is C9H13N5. The molecule has 5 nitrogen and oxygen atoms in total. The van der Waals surface area contributed by atoms with Crippen molar-refractivity contribution < 1.29 is 0 Å². The molecule has 2 rings (SSSR count). The minimum absolute atomic E-state index is 0.0420. The van der Waals surface area contributed by atoms with E-state index in [-0.39, 0.29) is 5.84 Å². The van der Waals surface area contributed by atoms with Crippen LogP contribution in [0.15, 0.2) is 12.3 Å². The summed E-state index contributed by atoms with van der Waals surface area (Å²) in [5.41, 5.74) is 6.02. The van der Waals surface area contributed by atoms with Gasteiger partial charge in [-0.1, -0.05) is 0 Å². The van der Waals surface area contributed by atoms with Crippen LogP contribution in [0.25, 0.3) is 0 Å². The molecule has 14 heavy (non-hydrogen) atoms. The number of anilines is 1. The van der Waals surface area contributed by atoms with Gasteiger partial charge < -0.3 is 10.6 Å². The first-order chi connectivity index (χ1) is 6.77. The summed E-state index contributed by atoms with van der Waals surface area (Å²) in [7, 11) is 0. The number of nitrogen functional groups attached to an aromatic ring is 1. The molecule has 1 aromatic rings. The predicted octanol–water partition coefficient (Wildman–Crippen LogP) is 0.361. The van der Waals surface area contributed by atoms with Gasteiger partial charge in [-0.25, -0.2) is 0 Å². The first kappa shape index (κ1) is 8.93. The van der Waals surface area contributed by atoms with E-state index in [0.717, 1.165) is 18.9 Å². The fourth-order valence-corrected chi connectivity index (χ4v) is 1.60. The van der Waals surface area contributed by atoms with Crippen molar-refractivity contribution in [3.05, 3.63) is 17.8 Å². The van der Waals surface area contributed by atoms with Gasteiger partial charge in [-0.2, -0.15) is 5.10 Å². The Morgan fingerprint density at radius 2 is 2.14 bits per heavy atom. The van der Waals surface area contributed by atoms with Crippen molar-refractivity contribution in [3.63, 3.8) is 0 Å². The smallest absolute Gasteiger partial charge is 0.151 e. The van der Waals surface area contributed by atoms with E-state index in [0.29, 0.717) is 5.56 Å². The largest absolute Gasteiger partial charge is 0.384 e. The Labute approximate surface area is 82.4 Å². The number of nitrogens with zero attached hydrogens (tertiary/aromatic N) is 3. The Morgan fingerprint density at radius 1 is 1.43 bits per heavy atom. The molecule has 0 radical (unpaired) electrons. The molecule has 5 heteroatoms. The lowest BCUT2D eigenvalue weighted by atomic mass is 10.3. The lowest BCUT2D eigenvalue weighted by molar-refractivity contribution is 0.892. The number of nitrogens with two attached hydrogens (primary N) is 1. The van der Waals surface area contributed by atoms with E-state index in [1.165, 1.54) is 19.0 Å². The number of hydrogen-bond acceptors (Lipinski definition) is 4. The van der Waals surface area contributed by atoms with Crippen molar-refractivity contribution >= 4 is 11.7 Å². The molecule has 1 aliphatic heterocycles. The van der Waals surface area contributed by atoms with Crippen LogP contribution in [0.2, 0.25) is 0 Å². The lowest BCUT2D eigenvalue weighted by Crippen LogP contribution is -2.21. The monoisotopic (exact) mass is 191 g/mol. The Kier molecular flexibility index (Phi) is 2.30. The highest BCUT2D eigenvalue weighted by Gasteiger charge is 2.14. The van der Waals surface area contributed by atoms with Crippen molar-refractivity contribution in [2.75, 3.05) is 18.0 Å². The molecule has 0 atom stereocenters. The van der Waals surface area contributed by atoms with Gasteiger partial charge in [0, 0.05) is 18.7 Å². The molecule has 0 aromatic carbocycles. The Morgan fingerprint density at radius 3 is 2.79 bits per heavy atom. The van der Waals surface area contributed by atoms with E-state index in [9.17, 15) is 0 Å². The summed E-state index contributed by atoms with van der Waals surface area (Å²) in [6, 6.07) is 1.82. The molecule has 74 valence electrons. The molecule has 0 amide bonds. The zero-order valence-corrected chi connectivity index (χ0v) is 7.90. The van der Waals surface area contributed by atoms with Gasteiger partial charge in [-0.15, -0.1) is 5.10 Å². The fourth-order valence-electron chi connectivity index (χ4n) is 1.60. The number of rotatable bonds is 2. The summed E-state index contributed by atoms with van der Waals surface area (Å²) in [4.78, 5) is 2.17. The van der Waals surface area contributed by atoms with E-state index >= 15 is 0 Å². The average Bonchev–Trinajstić information content (AvgIpc) is 2.71. The number of amidine groups is 1. The highest BCUT2D eigenvalue weighted by molar-refractivity contribution is 5.95. The molecule has 1 aromatic heterocycles. The highest BCUT2D eigenvalue weighted by Crippen LogP contribution is 2.17. The topological polar surface area (TPSA) is 78.9 Å². The third-order valence-electron chi connectivity index (χ3n) is 2.38. The second-order valence-electron chi connectivity index (χ2n) is 3.41. The molecular weight excluding hydrogens is 178 g/mol. The van der Waals surface area contributed by atoms with Crippen molar-refractivity contribution in [1.82, 2.24) is 10.2 Å². The van der Waals surface area contributed by atoms with Crippen molar-refractivity contribution in [2.24, 2.45) is 5.73 Å². The molecule has 0 bridgehead atoms. The van der Waals surface area contributed by atoms with Crippen molar-refractivity contribution in [2.45, 2.75) is 12.8 Å². The molecule has 1 saturated heterocycles. The third-order valence-corrected chi connectivity index (χ3v) is 2.38. The second kappa shape index (κ2) is 3.61. The van der Waals surface area contributed by atoms with Gasteiger partial charge in [0.05, 0.1) is 6.20 Å². The van der Waals surface area contributed by atoms with Crippen LogP contribution in [0.5, 0.6) is 0 Å². The molecule has 0 unspecified atom stereocenters. The lowest BCUT2D eigenvalue weighted by Gasteiger charge is -2.15. The van der Waals surface area contributed by atoms with Gasteiger partial charge in [0.25, 0.3) is 0 Å². The van der Waals surface area contributed by atoms with Crippen LogP contribution in [0.1, 0.15) is 18.4 Å². The first-order valence-corrected chi connectivity index (χ1v) is 4.69. The summed E-state index contributed by atoms with van der Waals surface area (Å²) >= 11 is 0. The third kappa shape index (κ3) is 1.66. The summed E-state index contributed by atoms with van der Waals surface area (Å²) in [5.74, 6) is 0.871. The maximum Gasteiger partial charge on any atom is 0.151 e. The fraction of sp³-hybridized carbons (Fsp3) is 0.444. The van der Waals surface area contributed by atoms with E-state index in [1.807, 2.05) is 6.07 Å². The molecule has 2 heterocycles. The standard InChI is InChI=1S/C9H13N5/c10-9(11)7-5-8(13-12-6-7)14-3-1-2-4-14/h5-6H,1-4H2,(H3,10,11). The van der Waals surface area contributed by atoms with Gasteiger partial charge in [0.2, 0.25) is 0 Å². The molecule has 3 N–H and O–H groups in total. The van der Waals surface area contributed by atoms with Gasteiger partial charge in [0.1, 0.15) is 5.84 Å². The van der Waals surface area contributed by atoms with Gasteiger partial charge in [0.15, 0.2) is 5.82 Å². The van der Waals surface area contributed by atoms with Crippen LogP contribution in [0.3, 0.4) is 0 Å². The summed E-state index contributed by atoms with van der Waals surface area (Å²) in [6.07, 6.45) is 3.92. The number of aromatic nitrogens is 2. The van der Waals surface area contributed by atoms with Crippen molar-refractivity contribution in [3.8, 4) is 0 Å². The Balaban J connectivity index is 2.25. The van der Waals surface area contributed by atoms with E-state index < -0.39 is 0 Å². The van der Waals surface area contributed by atoms with Gasteiger partial charge >= 0.3 is 0 Å². The normalized spacial score (nSPS) is 15.9. The minimum atomic E-state index is 0.0420. The van der Waals surface area contributed by atoms with Crippen LogP contribution in [0, 0.1) is 5.41 Å². The molecule has 1 aliphatic rings. The quantitative estimate of drug-likeness (QED) is 0.522. The Bertz CT molecular complexity index is 343. The Hall–Kier alpha value is -1.65. The van der Waals surface area contributed by atoms with Gasteiger partial charge in [-0.05, 0) is 18.9 Å². The minimum Gasteiger partial charge on any atom is -0.384 e. The highest BCUT2D eigenvalue weighted by atomic mass is 15.3. The molecule has 1 fully saturated rings. The second-order valence-corrected chi connectivity index (χ2v) is 3.41. The van der Waals surface area contributed by atoms with Crippen LogP contribution >= 0.6 is 0 Å². The summed E-state index contributed by atoms with van der Waals surface area (Å²) in [6.45, 7) is 2.05. The SMILES string of the molecule is N=C(N)c1cnnc(N2CCCC2)c1. The van der Waals surface area contributed by atoms with Crippen molar-refractivity contribution in [1.29, 1.82) is 5.41 Å². The number of nitrogens with one attached hydrogen (secondary N) is 1. The number of hydrogen-bond donors (Lipinski definition) is 2. The summed E-state index contributed by atoms with van der Waals surface area (Å²) < 4.78 is 0. The molecule has 0 spiro atoms. The average molecular weight is 191 g/mol. The van der Waals surface area contributed by atoms with Crippen LogP contribution in [-0.2, 0) is 0 Å². The molecule has 0 saturated carbocycles. The first-order valence-electron chi connectivity index (χ1n) is 4.69. The molecule has 0 aliphatic carbocycles. The van der Waals surface area contributed by atoms with Crippen LogP contribution in [-0.4, -0.2) is 29.1 Å². The van der Waals surface area contributed by atoms with Crippen LogP contribution < -0.4 is 10.6 Å². The van der Waals surface area contributed by atoms with Crippen LogP contribution in [0.4, 0.5) is 5.82 Å². The maximum atomic E-state index is 7.29. The zero-order valence-electron chi connectivity index (χ0n) is 7.90. The van der Waals surface area contributed by atoms with E-state index in [2.05, 4.69) is 15.1 Å². The van der Waals surface area contributed by atoms with Gasteiger partial charge in [-0.3, -0.25) is 5.41 Å². The maximum absolute atomic E-state index is 7.29. The summed E-state index contributed by atoms with van der Waals surface area (Å²) in [5, 5.41) is 15.2.